The molecule has 126 valence electrons. The summed E-state index contributed by atoms with van der Waals surface area (Å²) in [5, 5.41) is 12.6. The first-order chi connectivity index (χ1) is 11.9. The zero-order valence-corrected chi connectivity index (χ0v) is 13.8. The van der Waals surface area contributed by atoms with Gasteiger partial charge in [-0.2, -0.15) is 0 Å². The fourth-order valence-corrected chi connectivity index (χ4v) is 2.50. The van der Waals surface area contributed by atoms with Gasteiger partial charge in [0.05, 0.1) is 16.6 Å². The van der Waals surface area contributed by atoms with Crippen molar-refractivity contribution in [2.45, 2.75) is 13.8 Å². The summed E-state index contributed by atoms with van der Waals surface area (Å²) < 4.78 is 0. The van der Waals surface area contributed by atoms with E-state index in [2.05, 4.69) is 26.8 Å². The minimum Gasteiger partial charge on any atom is -0.478 e. The van der Waals surface area contributed by atoms with Crippen LogP contribution in [0.3, 0.4) is 0 Å². The summed E-state index contributed by atoms with van der Waals surface area (Å²) in [6, 6.07) is 7.04. The fourth-order valence-electron chi connectivity index (χ4n) is 2.50. The lowest BCUT2D eigenvalue weighted by molar-refractivity contribution is -0.112. The van der Waals surface area contributed by atoms with Gasteiger partial charge in [-0.1, -0.05) is 18.7 Å². The van der Waals surface area contributed by atoms with Crippen molar-refractivity contribution in [3.63, 3.8) is 0 Å². The molecule has 0 aliphatic carbocycles. The Morgan fingerprint density at radius 2 is 2.04 bits per heavy atom. The van der Waals surface area contributed by atoms with Crippen LogP contribution in [0.2, 0.25) is 0 Å². The molecule has 0 aliphatic heterocycles. The van der Waals surface area contributed by atoms with Crippen molar-refractivity contribution in [2.24, 2.45) is 0 Å². The molecule has 3 rings (SSSR count). The fraction of sp³-hybridized carbons (Fsp3) is 0.111. The Morgan fingerprint density at radius 3 is 2.72 bits per heavy atom. The zero-order valence-electron chi connectivity index (χ0n) is 13.8. The van der Waals surface area contributed by atoms with Crippen LogP contribution in [0.25, 0.3) is 22.3 Å². The van der Waals surface area contributed by atoms with Crippen molar-refractivity contribution in [3.05, 3.63) is 54.0 Å². The lowest BCUT2D eigenvalue weighted by Gasteiger charge is -2.09. The molecule has 0 atom stereocenters. The molecular weight excluding hydrogens is 320 g/mol. The molecule has 7 heteroatoms. The predicted molar refractivity (Wildman–Crippen MR) is 94.5 cm³/mol. The summed E-state index contributed by atoms with van der Waals surface area (Å²) >= 11 is 0. The van der Waals surface area contributed by atoms with Gasteiger partial charge >= 0.3 is 5.97 Å². The molecule has 0 spiro atoms. The highest BCUT2D eigenvalue weighted by Gasteiger charge is 2.18. The second-order valence-corrected chi connectivity index (χ2v) is 5.67. The number of aryl methyl sites for hydroxylation is 1. The number of hydrogen-bond donors (Lipinski definition) is 3. The number of nitrogens with zero attached hydrogens (tertiary/aromatic N) is 2. The third kappa shape index (κ3) is 3.12. The summed E-state index contributed by atoms with van der Waals surface area (Å²) in [5.74, 6) is -0.835. The maximum absolute atomic E-state index is 11.8. The number of carboxylic acid groups (broad SMARTS) is 1. The minimum atomic E-state index is -1.06. The van der Waals surface area contributed by atoms with E-state index in [9.17, 15) is 14.7 Å². The highest BCUT2D eigenvalue weighted by Crippen LogP contribution is 2.30. The molecule has 2 heterocycles. The molecule has 1 amide bonds. The molecule has 3 N–H and O–H groups in total. The van der Waals surface area contributed by atoms with Gasteiger partial charge in [-0.15, -0.1) is 0 Å². The summed E-state index contributed by atoms with van der Waals surface area (Å²) in [5.41, 5.74) is 2.69. The van der Waals surface area contributed by atoms with E-state index in [1.165, 1.54) is 6.20 Å². The van der Waals surface area contributed by atoms with Crippen molar-refractivity contribution in [1.82, 2.24) is 15.0 Å². The van der Waals surface area contributed by atoms with Crippen LogP contribution in [-0.4, -0.2) is 31.9 Å². The number of benzene rings is 1. The Bertz CT molecular complexity index is 1020. The summed E-state index contributed by atoms with van der Waals surface area (Å²) in [4.78, 5) is 34.8. The van der Waals surface area contributed by atoms with Crippen molar-refractivity contribution in [3.8, 4) is 11.3 Å². The van der Waals surface area contributed by atoms with Gasteiger partial charge in [0.25, 0.3) is 5.91 Å². The van der Waals surface area contributed by atoms with E-state index >= 15 is 0 Å². The van der Waals surface area contributed by atoms with Crippen LogP contribution >= 0.6 is 0 Å². The van der Waals surface area contributed by atoms with E-state index in [0.29, 0.717) is 39.4 Å². The molecule has 0 saturated heterocycles. The maximum atomic E-state index is 11.8. The van der Waals surface area contributed by atoms with Crippen molar-refractivity contribution < 1.29 is 14.7 Å². The van der Waals surface area contributed by atoms with E-state index in [0.717, 1.165) is 0 Å². The molecule has 25 heavy (non-hydrogen) atoms. The van der Waals surface area contributed by atoms with E-state index in [-0.39, 0.29) is 11.5 Å². The largest absolute Gasteiger partial charge is 0.478 e. The van der Waals surface area contributed by atoms with Crippen LogP contribution in [0.15, 0.2) is 42.6 Å². The van der Waals surface area contributed by atoms with E-state index in [1.807, 2.05) is 0 Å². The van der Waals surface area contributed by atoms with Gasteiger partial charge in [0.15, 0.2) is 0 Å². The molecule has 2 aromatic heterocycles. The average molecular weight is 336 g/mol. The van der Waals surface area contributed by atoms with Gasteiger partial charge in [0.1, 0.15) is 11.5 Å². The van der Waals surface area contributed by atoms with Crippen LogP contribution < -0.4 is 5.32 Å². The van der Waals surface area contributed by atoms with Crippen LogP contribution in [0.5, 0.6) is 0 Å². The van der Waals surface area contributed by atoms with Gasteiger partial charge in [0, 0.05) is 23.0 Å². The van der Waals surface area contributed by atoms with Crippen LogP contribution in [-0.2, 0) is 4.79 Å². The van der Waals surface area contributed by atoms with Crippen molar-refractivity contribution >= 4 is 28.6 Å². The zero-order chi connectivity index (χ0) is 18.1. The number of hydrogen-bond acceptors (Lipinski definition) is 4. The molecule has 0 fully saturated rings. The molecular formula is C18H16N4O3. The second kappa shape index (κ2) is 6.20. The number of anilines is 1. The number of H-pyrrole nitrogens is 1. The minimum absolute atomic E-state index is 0.0985. The Balaban J connectivity index is 2.16. The predicted octanol–water partition coefficient (Wildman–Crippen LogP) is 3.15. The molecule has 3 aromatic rings. The molecule has 1 aromatic carbocycles. The molecule has 0 unspecified atom stereocenters. The Hall–Kier alpha value is -3.48. The van der Waals surface area contributed by atoms with Gasteiger partial charge in [-0.05, 0) is 26.0 Å². The summed E-state index contributed by atoms with van der Waals surface area (Å²) in [6.45, 7) is 6.96. The third-order valence-electron chi connectivity index (χ3n) is 3.66. The lowest BCUT2D eigenvalue weighted by atomic mass is 10.1. The van der Waals surface area contributed by atoms with Gasteiger partial charge in [0.2, 0.25) is 0 Å². The first kappa shape index (κ1) is 16.4. The maximum Gasteiger partial charge on any atom is 0.338 e. The van der Waals surface area contributed by atoms with Crippen molar-refractivity contribution in [2.75, 3.05) is 5.32 Å². The third-order valence-corrected chi connectivity index (χ3v) is 3.66. The van der Waals surface area contributed by atoms with Crippen LogP contribution in [0.1, 0.15) is 23.1 Å². The number of carboxylic acids is 1. The van der Waals surface area contributed by atoms with Crippen LogP contribution in [0.4, 0.5) is 5.69 Å². The molecule has 0 bridgehead atoms. The quantitative estimate of drug-likeness (QED) is 0.634. The van der Waals surface area contributed by atoms with Gasteiger partial charge in [-0.3, -0.25) is 4.79 Å². The molecule has 0 aliphatic rings. The van der Waals surface area contributed by atoms with Crippen LogP contribution in [0, 0.1) is 6.92 Å². The number of aromatic amines is 1. The van der Waals surface area contributed by atoms with Crippen molar-refractivity contribution in [1.29, 1.82) is 0 Å². The van der Waals surface area contributed by atoms with E-state index < -0.39 is 5.97 Å². The van der Waals surface area contributed by atoms with E-state index in [1.54, 1.807) is 38.1 Å². The number of fused-ring (bicyclic) bond motifs is 1. The normalized spacial score (nSPS) is 10.6. The van der Waals surface area contributed by atoms with Gasteiger partial charge in [-0.25, -0.2) is 14.8 Å². The number of nitrogens with one attached hydrogen (secondary N) is 2. The van der Waals surface area contributed by atoms with E-state index in [4.69, 9.17) is 0 Å². The molecule has 0 saturated carbocycles. The number of carbonyl (C=O) groups is 2. The number of rotatable bonds is 4. The second-order valence-electron chi connectivity index (χ2n) is 5.67. The number of aromatic nitrogens is 3. The Labute approximate surface area is 143 Å². The lowest BCUT2D eigenvalue weighted by Crippen LogP contribution is -2.11. The number of amides is 1. The SMILES string of the molecule is C=C(C)C(=O)Nc1cccc(-c2nc(C)nc3[nH]cc(C(=O)O)c23)c1. The Kier molecular flexibility index (Phi) is 4.06. The molecule has 0 radical (unpaired) electrons. The highest BCUT2D eigenvalue weighted by molar-refractivity contribution is 6.08. The first-order valence-corrected chi connectivity index (χ1v) is 7.53. The average Bonchev–Trinajstić information content (AvgIpc) is 2.98. The molecule has 7 nitrogen and oxygen atoms in total. The first-order valence-electron chi connectivity index (χ1n) is 7.53. The topological polar surface area (TPSA) is 108 Å². The Morgan fingerprint density at radius 1 is 1.28 bits per heavy atom. The summed E-state index contributed by atoms with van der Waals surface area (Å²) in [7, 11) is 0. The monoisotopic (exact) mass is 336 g/mol. The number of carbonyl (C=O) groups excluding carboxylic acids is 1. The number of aromatic carboxylic acids is 1. The highest BCUT2D eigenvalue weighted by atomic mass is 16.4. The summed E-state index contributed by atoms with van der Waals surface area (Å²) in [6.07, 6.45) is 1.40. The van der Waals surface area contributed by atoms with Gasteiger partial charge < -0.3 is 15.4 Å². The smallest absolute Gasteiger partial charge is 0.338 e. The standard InChI is InChI=1S/C18H16N4O3/c1-9(2)17(23)22-12-6-4-5-11(7-12)15-14-13(18(24)25)8-19-16(14)21-10(3)20-15/h4-8H,1H2,2-3H3,(H,22,23)(H,24,25)(H,19,20,21).